The van der Waals surface area contributed by atoms with E-state index in [1.807, 2.05) is 25.1 Å². The van der Waals surface area contributed by atoms with E-state index in [9.17, 15) is 0 Å². The summed E-state index contributed by atoms with van der Waals surface area (Å²) >= 11 is 5.17. The van der Waals surface area contributed by atoms with Crippen LogP contribution in [0.2, 0.25) is 0 Å². The Balaban J connectivity index is 2.21. The van der Waals surface area contributed by atoms with Crippen molar-refractivity contribution in [1.82, 2.24) is 9.97 Å². The smallest absolute Gasteiger partial charge is 0.171 e. The van der Waals surface area contributed by atoms with Crippen LogP contribution < -0.4 is 0 Å². The van der Waals surface area contributed by atoms with Crippen LogP contribution in [0.5, 0.6) is 0 Å². The molecule has 0 radical (unpaired) electrons. The summed E-state index contributed by atoms with van der Waals surface area (Å²) in [6.45, 7) is 1.98. The molecule has 0 N–H and O–H groups in total. The number of rotatable bonds is 1. The van der Waals surface area contributed by atoms with Crippen molar-refractivity contribution in [3.63, 3.8) is 0 Å². The molecule has 0 saturated heterocycles. The first-order chi connectivity index (χ1) is 8.24. The predicted molar refractivity (Wildman–Crippen MR) is 75.3 cm³/mol. The van der Waals surface area contributed by atoms with E-state index >= 15 is 0 Å². The number of halogens is 1. The normalized spacial score (nSPS) is 10.9. The highest BCUT2D eigenvalue weighted by molar-refractivity contribution is 9.10. The fourth-order valence-corrected chi connectivity index (χ4v) is 3.06. The van der Waals surface area contributed by atoms with Crippen LogP contribution in [0.3, 0.4) is 0 Å². The second-order valence-electron chi connectivity index (χ2n) is 3.76. The van der Waals surface area contributed by atoms with E-state index in [1.165, 1.54) is 0 Å². The summed E-state index contributed by atoms with van der Waals surface area (Å²) in [6, 6.07) is 12.3. The lowest BCUT2D eigenvalue weighted by Crippen LogP contribution is -1.83. The molecule has 3 aromatic rings. The van der Waals surface area contributed by atoms with Crippen LogP contribution in [-0.2, 0) is 0 Å². The monoisotopic (exact) mass is 304 g/mol. The number of thiazole rings is 1. The van der Waals surface area contributed by atoms with E-state index in [1.54, 1.807) is 11.3 Å². The quantitative estimate of drug-likeness (QED) is 0.664. The molecular weight excluding hydrogens is 296 g/mol. The summed E-state index contributed by atoms with van der Waals surface area (Å²) in [5.41, 5.74) is 2.95. The average molecular weight is 305 g/mol. The van der Waals surface area contributed by atoms with Gasteiger partial charge in [0.05, 0.1) is 10.4 Å². The number of nitrogens with zero attached hydrogens (tertiary/aromatic N) is 2. The van der Waals surface area contributed by atoms with E-state index in [0.29, 0.717) is 0 Å². The van der Waals surface area contributed by atoms with Crippen molar-refractivity contribution in [3.8, 4) is 10.6 Å². The second kappa shape index (κ2) is 4.20. The molecule has 0 saturated carbocycles. The molecule has 2 heterocycles. The maximum atomic E-state index is 4.57. The highest BCUT2D eigenvalue weighted by Crippen LogP contribution is 2.31. The first-order valence-corrected chi connectivity index (χ1v) is 6.84. The molecule has 0 aliphatic carbocycles. The van der Waals surface area contributed by atoms with Gasteiger partial charge in [0.25, 0.3) is 0 Å². The summed E-state index contributed by atoms with van der Waals surface area (Å²) in [5.74, 6) is 0. The van der Waals surface area contributed by atoms with Crippen LogP contribution in [0.15, 0.2) is 40.9 Å². The molecule has 0 aliphatic heterocycles. The van der Waals surface area contributed by atoms with Crippen LogP contribution >= 0.6 is 27.3 Å². The highest BCUT2D eigenvalue weighted by Gasteiger charge is 2.08. The van der Waals surface area contributed by atoms with Gasteiger partial charge in [0.1, 0.15) is 5.01 Å². The van der Waals surface area contributed by atoms with Gasteiger partial charge in [-0.1, -0.05) is 30.3 Å². The van der Waals surface area contributed by atoms with Crippen LogP contribution in [0, 0.1) is 6.92 Å². The molecule has 1 aromatic carbocycles. The Labute approximate surface area is 111 Å². The largest absolute Gasteiger partial charge is 0.232 e. The molecule has 0 unspecified atom stereocenters. The fraction of sp³-hybridized carbons (Fsp3) is 0.0769. The number of hydrogen-bond acceptors (Lipinski definition) is 3. The number of aryl methyl sites for hydroxylation is 1. The Hall–Kier alpha value is -1.26. The summed E-state index contributed by atoms with van der Waals surface area (Å²) in [4.78, 5) is 9.05. The van der Waals surface area contributed by atoms with Crippen molar-refractivity contribution in [2.24, 2.45) is 0 Å². The van der Waals surface area contributed by atoms with Crippen molar-refractivity contribution in [2.45, 2.75) is 6.92 Å². The second-order valence-corrected chi connectivity index (χ2v) is 5.65. The van der Waals surface area contributed by atoms with Crippen molar-refractivity contribution < 1.29 is 0 Å². The first-order valence-electron chi connectivity index (χ1n) is 5.23. The van der Waals surface area contributed by atoms with Gasteiger partial charge in [-0.15, -0.1) is 11.3 Å². The Bertz CT molecular complexity index is 637. The minimum Gasteiger partial charge on any atom is -0.232 e. The minimum absolute atomic E-state index is 0.828. The van der Waals surface area contributed by atoms with Crippen LogP contribution in [-0.4, -0.2) is 9.97 Å². The molecule has 84 valence electrons. The zero-order chi connectivity index (χ0) is 11.8. The summed E-state index contributed by atoms with van der Waals surface area (Å²) in [5, 5.41) is 1.02. The predicted octanol–water partition coefficient (Wildman–Crippen LogP) is 4.43. The van der Waals surface area contributed by atoms with Crippen LogP contribution in [0.1, 0.15) is 5.69 Å². The van der Waals surface area contributed by atoms with Gasteiger partial charge in [0.15, 0.2) is 5.65 Å². The van der Waals surface area contributed by atoms with Gasteiger partial charge < -0.3 is 0 Å². The third kappa shape index (κ3) is 1.98. The van der Waals surface area contributed by atoms with Crippen molar-refractivity contribution in [1.29, 1.82) is 0 Å². The Morgan fingerprint density at radius 2 is 1.88 bits per heavy atom. The van der Waals surface area contributed by atoms with E-state index in [-0.39, 0.29) is 0 Å². The first kappa shape index (κ1) is 10.9. The molecule has 4 heteroatoms. The molecule has 2 aromatic heterocycles. The van der Waals surface area contributed by atoms with E-state index < -0.39 is 0 Å². The number of pyridine rings is 1. The summed E-state index contributed by atoms with van der Waals surface area (Å²) < 4.78 is 2.15. The maximum Gasteiger partial charge on any atom is 0.171 e. The van der Waals surface area contributed by atoms with E-state index in [2.05, 4.69) is 44.1 Å². The molecule has 0 atom stereocenters. The third-order valence-electron chi connectivity index (χ3n) is 2.53. The summed E-state index contributed by atoms with van der Waals surface area (Å²) in [6.07, 6.45) is 0. The molecule has 2 nitrogen and oxygen atoms in total. The standard InChI is InChI=1S/C13H9BrN2S/c1-8-10(14)7-11-12(15-8)16-13(17-11)9-5-3-2-4-6-9/h2-7H,1H3. The van der Waals surface area contributed by atoms with E-state index in [0.717, 1.165) is 31.1 Å². The zero-order valence-electron chi connectivity index (χ0n) is 9.14. The minimum atomic E-state index is 0.828. The number of aromatic nitrogens is 2. The van der Waals surface area contributed by atoms with Crippen LogP contribution in [0.4, 0.5) is 0 Å². The lowest BCUT2D eigenvalue weighted by molar-refractivity contribution is 1.20. The van der Waals surface area contributed by atoms with Gasteiger partial charge in [0.2, 0.25) is 0 Å². The molecule has 0 spiro atoms. The Kier molecular flexibility index (Phi) is 2.68. The molecule has 0 bridgehead atoms. The van der Waals surface area contributed by atoms with Gasteiger partial charge in [0, 0.05) is 10.0 Å². The lowest BCUT2D eigenvalue weighted by atomic mass is 10.2. The zero-order valence-corrected chi connectivity index (χ0v) is 11.5. The van der Waals surface area contributed by atoms with Crippen LogP contribution in [0.25, 0.3) is 20.9 Å². The number of hydrogen-bond donors (Lipinski definition) is 0. The van der Waals surface area contributed by atoms with Crippen molar-refractivity contribution in [3.05, 3.63) is 46.6 Å². The third-order valence-corrected chi connectivity index (χ3v) is 4.38. The van der Waals surface area contributed by atoms with Crippen molar-refractivity contribution >= 4 is 37.6 Å². The Morgan fingerprint density at radius 3 is 2.65 bits per heavy atom. The maximum absolute atomic E-state index is 4.57. The van der Waals surface area contributed by atoms with Gasteiger partial charge in [-0.05, 0) is 28.9 Å². The van der Waals surface area contributed by atoms with Gasteiger partial charge >= 0.3 is 0 Å². The van der Waals surface area contributed by atoms with Gasteiger partial charge in [-0.25, -0.2) is 9.97 Å². The summed E-state index contributed by atoms with van der Waals surface area (Å²) in [7, 11) is 0. The lowest BCUT2D eigenvalue weighted by Gasteiger charge is -1.94. The SMILES string of the molecule is Cc1nc2nc(-c3ccccc3)sc2cc1Br. The number of benzene rings is 1. The van der Waals surface area contributed by atoms with Gasteiger partial charge in [-0.3, -0.25) is 0 Å². The van der Waals surface area contributed by atoms with Crippen molar-refractivity contribution in [2.75, 3.05) is 0 Å². The molecule has 0 fully saturated rings. The van der Waals surface area contributed by atoms with E-state index in [4.69, 9.17) is 0 Å². The Morgan fingerprint density at radius 1 is 1.12 bits per heavy atom. The topological polar surface area (TPSA) is 25.8 Å². The van der Waals surface area contributed by atoms with Gasteiger partial charge in [-0.2, -0.15) is 0 Å². The highest BCUT2D eigenvalue weighted by atomic mass is 79.9. The molecule has 3 rings (SSSR count). The molecule has 0 amide bonds. The molecular formula is C13H9BrN2S. The molecule has 0 aliphatic rings. The number of fused-ring (bicyclic) bond motifs is 1. The average Bonchev–Trinajstić information content (AvgIpc) is 2.74. The molecule has 17 heavy (non-hydrogen) atoms. The fourth-order valence-electron chi connectivity index (χ4n) is 1.63.